The first-order valence-corrected chi connectivity index (χ1v) is 9.28. The normalized spacial score (nSPS) is 17.2. The highest BCUT2D eigenvalue weighted by Crippen LogP contribution is 2.35. The Morgan fingerprint density at radius 1 is 1.04 bits per heavy atom. The molecule has 5 nitrogen and oxygen atoms in total. The zero-order chi connectivity index (χ0) is 16.8. The summed E-state index contributed by atoms with van der Waals surface area (Å²) >= 11 is 0. The number of aromatic nitrogens is 3. The van der Waals surface area contributed by atoms with Gasteiger partial charge in [-0.2, -0.15) is 5.10 Å². The lowest BCUT2D eigenvalue weighted by Gasteiger charge is -2.26. The molecule has 3 heterocycles. The van der Waals surface area contributed by atoms with Crippen LogP contribution in [0.5, 0.6) is 0 Å². The van der Waals surface area contributed by atoms with Crippen molar-refractivity contribution in [2.45, 2.75) is 38.5 Å². The van der Waals surface area contributed by atoms with Gasteiger partial charge in [0.2, 0.25) is 0 Å². The van der Waals surface area contributed by atoms with Crippen molar-refractivity contribution in [2.75, 3.05) is 13.1 Å². The number of amides is 1. The molecule has 5 rings (SSSR count). The van der Waals surface area contributed by atoms with E-state index in [2.05, 4.69) is 27.3 Å². The molecule has 0 saturated carbocycles. The van der Waals surface area contributed by atoms with Crippen molar-refractivity contribution in [1.29, 1.82) is 0 Å². The van der Waals surface area contributed by atoms with E-state index in [0.29, 0.717) is 0 Å². The minimum absolute atomic E-state index is 0.174. The first-order chi connectivity index (χ1) is 12.3. The van der Waals surface area contributed by atoms with Crippen molar-refractivity contribution in [2.24, 2.45) is 0 Å². The van der Waals surface area contributed by atoms with E-state index >= 15 is 0 Å². The molecule has 1 saturated heterocycles. The van der Waals surface area contributed by atoms with E-state index in [9.17, 15) is 4.79 Å². The van der Waals surface area contributed by atoms with Crippen LogP contribution in [0.15, 0.2) is 24.4 Å². The first-order valence-electron chi connectivity index (χ1n) is 9.28. The van der Waals surface area contributed by atoms with E-state index in [0.717, 1.165) is 67.7 Å². The van der Waals surface area contributed by atoms with Gasteiger partial charge in [-0.25, -0.2) is 0 Å². The quantitative estimate of drug-likeness (QED) is 0.713. The molecule has 1 aliphatic carbocycles. The Balaban J connectivity index is 1.59. The van der Waals surface area contributed by atoms with Gasteiger partial charge in [0.05, 0.1) is 17.6 Å². The molecular formula is C20H22N4O. The predicted molar refractivity (Wildman–Crippen MR) is 97.7 cm³/mol. The SMILES string of the molecule is O=C(c1ccc2[nH]c3c(c2c1)CCCc1cn[nH]c1-3)N1CCCCC1. The van der Waals surface area contributed by atoms with Crippen LogP contribution in [-0.2, 0) is 12.8 Å². The van der Waals surface area contributed by atoms with Crippen LogP contribution in [0.1, 0.15) is 47.2 Å². The molecule has 1 amide bonds. The maximum absolute atomic E-state index is 12.9. The molecule has 0 unspecified atom stereocenters. The van der Waals surface area contributed by atoms with Crippen molar-refractivity contribution < 1.29 is 4.79 Å². The van der Waals surface area contributed by atoms with Gasteiger partial charge in [-0.15, -0.1) is 0 Å². The Hall–Kier alpha value is -2.56. The molecule has 0 spiro atoms. The summed E-state index contributed by atoms with van der Waals surface area (Å²) in [6, 6.07) is 6.10. The summed E-state index contributed by atoms with van der Waals surface area (Å²) in [6.07, 6.45) is 8.59. The van der Waals surface area contributed by atoms with Gasteiger partial charge in [-0.05, 0) is 67.9 Å². The van der Waals surface area contributed by atoms with E-state index in [1.165, 1.54) is 22.9 Å². The third-order valence-electron chi connectivity index (χ3n) is 5.64. The second-order valence-corrected chi connectivity index (χ2v) is 7.22. The highest BCUT2D eigenvalue weighted by atomic mass is 16.2. The van der Waals surface area contributed by atoms with Crippen LogP contribution in [0.2, 0.25) is 0 Å². The topological polar surface area (TPSA) is 64.8 Å². The zero-order valence-electron chi connectivity index (χ0n) is 14.3. The zero-order valence-corrected chi connectivity index (χ0v) is 14.3. The largest absolute Gasteiger partial charge is 0.353 e. The minimum atomic E-state index is 0.174. The Bertz CT molecular complexity index is 946. The molecule has 2 N–H and O–H groups in total. The molecule has 3 aromatic rings. The Morgan fingerprint density at radius 2 is 1.92 bits per heavy atom. The van der Waals surface area contributed by atoms with Crippen molar-refractivity contribution in [3.63, 3.8) is 0 Å². The lowest BCUT2D eigenvalue weighted by atomic mass is 10.0. The molecular weight excluding hydrogens is 312 g/mol. The average Bonchev–Trinajstić information content (AvgIpc) is 3.22. The fourth-order valence-corrected chi connectivity index (χ4v) is 4.31. The van der Waals surface area contributed by atoms with Crippen LogP contribution >= 0.6 is 0 Å². The summed E-state index contributed by atoms with van der Waals surface area (Å²) in [5.41, 5.74) is 6.74. The Labute approximate surface area is 146 Å². The van der Waals surface area contributed by atoms with Crippen LogP contribution in [-0.4, -0.2) is 39.1 Å². The predicted octanol–water partition coefficient (Wildman–Crippen LogP) is 3.67. The molecule has 2 aromatic heterocycles. The van der Waals surface area contributed by atoms with Gasteiger partial charge < -0.3 is 9.88 Å². The molecule has 5 heteroatoms. The van der Waals surface area contributed by atoms with Gasteiger partial charge in [0.1, 0.15) is 0 Å². The monoisotopic (exact) mass is 334 g/mol. The number of benzene rings is 1. The van der Waals surface area contributed by atoms with Crippen molar-refractivity contribution in [1.82, 2.24) is 20.1 Å². The van der Waals surface area contributed by atoms with E-state index < -0.39 is 0 Å². The maximum atomic E-state index is 12.9. The van der Waals surface area contributed by atoms with E-state index in [4.69, 9.17) is 0 Å². The third-order valence-corrected chi connectivity index (χ3v) is 5.64. The molecule has 0 atom stereocenters. The number of rotatable bonds is 1. The fraction of sp³-hybridized carbons (Fsp3) is 0.400. The van der Waals surface area contributed by atoms with Crippen LogP contribution in [0.4, 0.5) is 0 Å². The maximum Gasteiger partial charge on any atom is 0.253 e. The number of H-pyrrole nitrogens is 2. The van der Waals surface area contributed by atoms with Gasteiger partial charge in [0.25, 0.3) is 5.91 Å². The van der Waals surface area contributed by atoms with E-state index in [1.54, 1.807) is 0 Å². The van der Waals surface area contributed by atoms with E-state index in [-0.39, 0.29) is 5.91 Å². The molecule has 0 radical (unpaired) electrons. The number of aryl methyl sites for hydroxylation is 2. The second-order valence-electron chi connectivity index (χ2n) is 7.22. The molecule has 1 aromatic carbocycles. The standard InChI is InChI=1S/C20H22N4O/c25-20(24-9-2-1-3-10-24)13-7-8-17-16(11-13)15-6-4-5-14-12-21-23-18(14)19(15)22-17/h7-8,11-12,22H,1-6,9-10H2,(H,21,23). The number of hydrogen-bond donors (Lipinski definition) is 2. The lowest BCUT2D eigenvalue weighted by Crippen LogP contribution is -2.35. The molecule has 1 fully saturated rings. The highest BCUT2D eigenvalue weighted by Gasteiger charge is 2.23. The fourth-order valence-electron chi connectivity index (χ4n) is 4.31. The Kier molecular flexibility index (Phi) is 3.40. The smallest absolute Gasteiger partial charge is 0.253 e. The number of hydrogen-bond acceptors (Lipinski definition) is 2. The van der Waals surface area contributed by atoms with Crippen LogP contribution in [0.3, 0.4) is 0 Å². The number of carbonyl (C=O) groups excluding carboxylic acids is 1. The average molecular weight is 334 g/mol. The first kappa shape index (κ1) is 14.8. The summed E-state index contributed by atoms with van der Waals surface area (Å²) in [5.74, 6) is 0.174. The number of piperidine rings is 1. The van der Waals surface area contributed by atoms with Gasteiger partial charge in [-0.1, -0.05) is 0 Å². The van der Waals surface area contributed by atoms with E-state index in [1.807, 2.05) is 17.2 Å². The minimum Gasteiger partial charge on any atom is -0.353 e. The van der Waals surface area contributed by atoms with Gasteiger partial charge in [-0.3, -0.25) is 9.89 Å². The molecule has 2 aliphatic rings. The van der Waals surface area contributed by atoms with Crippen molar-refractivity contribution >= 4 is 16.8 Å². The van der Waals surface area contributed by atoms with Crippen molar-refractivity contribution in [3.05, 3.63) is 41.1 Å². The van der Waals surface area contributed by atoms with Gasteiger partial charge in [0, 0.05) is 29.6 Å². The van der Waals surface area contributed by atoms with Gasteiger partial charge in [0.15, 0.2) is 0 Å². The summed E-state index contributed by atoms with van der Waals surface area (Å²) in [7, 11) is 0. The molecule has 25 heavy (non-hydrogen) atoms. The summed E-state index contributed by atoms with van der Waals surface area (Å²) < 4.78 is 0. The number of likely N-dealkylation sites (tertiary alicyclic amines) is 1. The number of fused-ring (bicyclic) bond motifs is 5. The molecule has 128 valence electrons. The number of carbonyl (C=O) groups is 1. The number of nitrogens with zero attached hydrogens (tertiary/aromatic N) is 2. The number of aromatic amines is 2. The second kappa shape index (κ2) is 5.76. The Morgan fingerprint density at radius 3 is 2.80 bits per heavy atom. The van der Waals surface area contributed by atoms with Crippen LogP contribution in [0.25, 0.3) is 22.3 Å². The summed E-state index contributed by atoms with van der Waals surface area (Å²) in [5, 5.41) is 8.54. The summed E-state index contributed by atoms with van der Waals surface area (Å²) in [6.45, 7) is 1.78. The van der Waals surface area contributed by atoms with Crippen molar-refractivity contribution in [3.8, 4) is 11.4 Å². The highest BCUT2D eigenvalue weighted by molar-refractivity contribution is 6.00. The van der Waals surface area contributed by atoms with Crippen LogP contribution < -0.4 is 0 Å². The lowest BCUT2D eigenvalue weighted by molar-refractivity contribution is 0.0724. The summed E-state index contributed by atoms with van der Waals surface area (Å²) in [4.78, 5) is 18.4. The molecule has 1 aliphatic heterocycles. The molecule has 0 bridgehead atoms. The number of nitrogens with one attached hydrogen (secondary N) is 2. The van der Waals surface area contributed by atoms with Crippen LogP contribution in [0, 0.1) is 0 Å². The van der Waals surface area contributed by atoms with Gasteiger partial charge >= 0.3 is 0 Å². The third kappa shape index (κ3) is 2.37.